The highest BCUT2D eigenvalue weighted by Crippen LogP contribution is 2.37. The highest BCUT2D eigenvalue weighted by atomic mass is 32.2. The number of hydrogen-bond donors (Lipinski definition) is 1. The van der Waals surface area contributed by atoms with Crippen molar-refractivity contribution in [2.45, 2.75) is 77.5 Å². The van der Waals surface area contributed by atoms with E-state index in [-0.39, 0.29) is 33.7 Å². The Labute approximate surface area is 225 Å². The first-order valence-corrected chi connectivity index (χ1v) is 14.8. The third kappa shape index (κ3) is 7.70. The number of nitrogens with one attached hydrogen (secondary N) is 1. The van der Waals surface area contributed by atoms with Gasteiger partial charge in [0.25, 0.3) is 5.91 Å². The summed E-state index contributed by atoms with van der Waals surface area (Å²) in [6.45, 7) is 1.81. The van der Waals surface area contributed by atoms with Crippen LogP contribution in [0.5, 0.6) is 5.75 Å². The lowest BCUT2D eigenvalue weighted by Gasteiger charge is -2.27. The summed E-state index contributed by atoms with van der Waals surface area (Å²) in [5.41, 5.74) is 1.22. The Morgan fingerprint density at radius 1 is 1.21 bits per heavy atom. The maximum atomic E-state index is 13.3. The van der Waals surface area contributed by atoms with Crippen LogP contribution in [0.3, 0.4) is 0 Å². The lowest BCUT2D eigenvalue weighted by molar-refractivity contribution is -0.169. The van der Waals surface area contributed by atoms with E-state index in [4.69, 9.17) is 4.74 Å². The summed E-state index contributed by atoms with van der Waals surface area (Å²) in [5, 5.41) is 6.86. The lowest BCUT2D eigenvalue weighted by atomic mass is 9.89. The van der Waals surface area contributed by atoms with E-state index in [2.05, 4.69) is 10.4 Å². The Balaban J connectivity index is 1.83. The first kappa shape index (κ1) is 30.8. The van der Waals surface area contributed by atoms with E-state index in [1.54, 1.807) is 13.8 Å². The molecular formula is C26H34F5N3O4S. The number of carbonyl (C=O) groups excluding carboxylic acids is 1. The van der Waals surface area contributed by atoms with Crippen molar-refractivity contribution in [1.82, 2.24) is 15.1 Å². The second-order valence-electron chi connectivity index (χ2n) is 10.2. The van der Waals surface area contributed by atoms with E-state index in [1.165, 1.54) is 29.1 Å². The van der Waals surface area contributed by atoms with Crippen LogP contribution in [0.4, 0.5) is 22.0 Å². The number of carbonyl (C=O) groups is 1. The minimum atomic E-state index is -4.44. The minimum absolute atomic E-state index is 0.0921. The molecule has 3 rings (SSSR count). The number of amides is 1. The van der Waals surface area contributed by atoms with Gasteiger partial charge in [0.1, 0.15) is 15.6 Å². The fourth-order valence-electron chi connectivity index (χ4n) is 4.97. The van der Waals surface area contributed by atoms with Crippen LogP contribution < -0.4 is 10.1 Å². The van der Waals surface area contributed by atoms with Crippen molar-refractivity contribution >= 4 is 15.7 Å². The summed E-state index contributed by atoms with van der Waals surface area (Å²) in [5.74, 6) is -2.32. The highest BCUT2D eigenvalue weighted by molar-refractivity contribution is 7.91. The molecule has 2 aromatic rings. The molecule has 1 fully saturated rings. The number of hydrogen-bond acceptors (Lipinski definition) is 5. The van der Waals surface area contributed by atoms with Crippen LogP contribution in [-0.4, -0.2) is 54.9 Å². The summed E-state index contributed by atoms with van der Waals surface area (Å²) in [6.07, 6.45) is -1.20. The number of rotatable bonds is 10. The first-order valence-electron chi connectivity index (χ1n) is 12.8. The van der Waals surface area contributed by atoms with Crippen molar-refractivity contribution in [3.63, 3.8) is 0 Å². The molecule has 0 bridgehead atoms. The van der Waals surface area contributed by atoms with E-state index in [1.807, 2.05) is 0 Å². The SMILES string of the molecule is CCn1nc(C(=O)NCC2CCC(S(C)(=O)=O)CC2)c(C)c1-c1ccc(CC(C)C(F)(F)F)cc1OC(F)F. The normalized spacial score (nSPS) is 19.2. The third-order valence-electron chi connectivity index (χ3n) is 7.27. The average Bonchev–Trinajstić information content (AvgIpc) is 3.17. The van der Waals surface area contributed by atoms with Gasteiger partial charge >= 0.3 is 12.8 Å². The monoisotopic (exact) mass is 579 g/mol. The zero-order valence-corrected chi connectivity index (χ0v) is 23.1. The minimum Gasteiger partial charge on any atom is -0.434 e. The van der Waals surface area contributed by atoms with Crippen LogP contribution in [0.15, 0.2) is 18.2 Å². The predicted octanol–water partition coefficient (Wildman–Crippen LogP) is 5.55. The number of aryl methyl sites for hydroxylation is 1. The molecule has 0 spiro atoms. The quantitative estimate of drug-likeness (QED) is 0.373. The molecule has 1 aromatic carbocycles. The van der Waals surface area contributed by atoms with Gasteiger partial charge in [-0.25, -0.2) is 8.42 Å². The molecular weight excluding hydrogens is 545 g/mol. The van der Waals surface area contributed by atoms with E-state index in [0.717, 1.165) is 6.92 Å². The number of sulfone groups is 1. The standard InChI is InChI=1S/C26H34F5N3O4S/c1-5-34-23(20-11-8-18(12-15(2)26(29,30)31)13-21(20)38-25(27)28)16(3)22(33-34)24(35)32-14-17-6-9-19(10-7-17)39(4,36)37/h8,11,13,15,17,19,25H,5-7,9-10,12,14H2,1-4H3,(H,32,35). The molecule has 1 heterocycles. The molecule has 39 heavy (non-hydrogen) atoms. The maximum Gasteiger partial charge on any atom is 0.391 e. The molecule has 1 N–H and O–H groups in total. The smallest absolute Gasteiger partial charge is 0.391 e. The van der Waals surface area contributed by atoms with Crippen LogP contribution in [0.25, 0.3) is 11.3 Å². The molecule has 1 amide bonds. The number of nitrogens with zero attached hydrogens (tertiary/aromatic N) is 2. The van der Waals surface area contributed by atoms with Crippen molar-refractivity contribution in [2.75, 3.05) is 12.8 Å². The van der Waals surface area contributed by atoms with Gasteiger partial charge in [0, 0.05) is 30.5 Å². The van der Waals surface area contributed by atoms with Crippen LogP contribution in [0.1, 0.15) is 61.1 Å². The summed E-state index contributed by atoms with van der Waals surface area (Å²) in [4.78, 5) is 13.0. The van der Waals surface area contributed by atoms with Crippen molar-refractivity contribution in [3.05, 3.63) is 35.0 Å². The zero-order chi connectivity index (χ0) is 29.1. The fourth-order valence-corrected chi connectivity index (χ4v) is 6.10. The molecule has 1 atom stereocenters. The van der Waals surface area contributed by atoms with Crippen molar-refractivity contribution in [1.29, 1.82) is 0 Å². The molecule has 0 radical (unpaired) electrons. The van der Waals surface area contributed by atoms with E-state index in [0.29, 0.717) is 50.0 Å². The second kappa shape index (κ2) is 12.2. The average molecular weight is 580 g/mol. The van der Waals surface area contributed by atoms with Crippen LogP contribution >= 0.6 is 0 Å². The van der Waals surface area contributed by atoms with Gasteiger partial charge in [-0.05, 0) is 69.6 Å². The lowest BCUT2D eigenvalue weighted by Crippen LogP contribution is -2.34. The van der Waals surface area contributed by atoms with Gasteiger partial charge in [0.2, 0.25) is 0 Å². The maximum absolute atomic E-state index is 13.3. The third-order valence-corrected chi connectivity index (χ3v) is 8.95. The summed E-state index contributed by atoms with van der Waals surface area (Å²) in [7, 11) is -3.09. The Kier molecular flexibility index (Phi) is 9.66. The van der Waals surface area contributed by atoms with Gasteiger partial charge in [0.15, 0.2) is 5.69 Å². The number of benzene rings is 1. The molecule has 13 heteroatoms. The van der Waals surface area contributed by atoms with E-state index < -0.39 is 40.9 Å². The molecule has 1 unspecified atom stereocenters. The second-order valence-corrected chi connectivity index (χ2v) is 12.5. The summed E-state index contributed by atoms with van der Waals surface area (Å²) < 4.78 is 95.3. The molecule has 0 aliphatic heterocycles. The predicted molar refractivity (Wildman–Crippen MR) is 137 cm³/mol. The molecule has 0 saturated heterocycles. The van der Waals surface area contributed by atoms with Gasteiger partial charge in [0.05, 0.1) is 16.9 Å². The largest absolute Gasteiger partial charge is 0.434 e. The van der Waals surface area contributed by atoms with E-state index in [9.17, 15) is 35.2 Å². The molecule has 1 aromatic heterocycles. The molecule has 1 aliphatic rings. The van der Waals surface area contributed by atoms with E-state index >= 15 is 0 Å². The number of ether oxygens (including phenoxy) is 1. The highest BCUT2D eigenvalue weighted by Gasteiger charge is 2.36. The fraction of sp³-hybridized carbons (Fsp3) is 0.615. The van der Waals surface area contributed by atoms with Crippen molar-refractivity contribution in [2.24, 2.45) is 11.8 Å². The summed E-state index contributed by atoms with van der Waals surface area (Å²) >= 11 is 0. The molecule has 1 aliphatic carbocycles. The Morgan fingerprint density at radius 3 is 2.38 bits per heavy atom. The number of halogens is 5. The molecule has 218 valence electrons. The Bertz CT molecular complexity index is 1270. The van der Waals surface area contributed by atoms with Gasteiger partial charge in [-0.2, -0.15) is 27.1 Å². The van der Waals surface area contributed by atoms with Gasteiger partial charge in [-0.3, -0.25) is 9.48 Å². The van der Waals surface area contributed by atoms with Crippen LogP contribution in [0.2, 0.25) is 0 Å². The van der Waals surface area contributed by atoms with Crippen molar-refractivity contribution < 1.29 is 39.9 Å². The summed E-state index contributed by atoms with van der Waals surface area (Å²) in [6, 6.07) is 4.01. The number of aromatic nitrogens is 2. The van der Waals surface area contributed by atoms with Gasteiger partial charge < -0.3 is 10.1 Å². The topological polar surface area (TPSA) is 90.3 Å². The first-order chi connectivity index (χ1) is 18.1. The molecule has 7 nitrogen and oxygen atoms in total. The Morgan fingerprint density at radius 2 is 1.85 bits per heavy atom. The number of alkyl halides is 5. The van der Waals surface area contributed by atoms with Gasteiger partial charge in [-0.1, -0.05) is 13.0 Å². The van der Waals surface area contributed by atoms with Crippen LogP contribution in [0, 0.1) is 18.8 Å². The van der Waals surface area contributed by atoms with Crippen molar-refractivity contribution in [3.8, 4) is 17.0 Å². The molecule has 1 saturated carbocycles. The Hall–Kier alpha value is -2.70. The zero-order valence-electron chi connectivity index (χ0n) is 22.3. The van der Waals surface area contributed by atoms with Crippen LogP contribution in [-0.2, 0) is 22.8 Å². The van der Waals surface area contributed by atoms with Gasteiger partial charge in [-0.15, -0.1) is 0 Å².